The fraction of sp³-hybridized carbons (Fsp3) is 0.357. The van der Waals surface area contributed by atoms with Crippen molar-refractivity contribution in [3.8, 4) is 0 Å². The lowest BCUT2D eigenvalue weighted by Gasteiger charge is -2.18. The van der Waals surface area contributed by atoms with Gasteiger partial charge in [0.2, 0.25) is 0 Å². The molecule has 0 bridgehead atoms. The standard InChI is InChI=1S/C14H17BrN2S/c1-2-6-17-13(14-12(15)5-8-18-14)9-11-4-3-7-16-10-11/h3-5,7-8,10,13,17H,2,6,9H2,1H3. The average Bonchev–Trinajstić information content (AvgIpc) is 2.82. The van der Waals surface area contributed by atoms with Gasteiger partial charge in [0, 0.05) is 27.8 Å². The van der Waals surface area contributed by atoms with E-state index in [0.717, 1.165) is 19.4 Å². The van der Waals surface area contributed by atoms with E-state index >= 15 is 0 Å². The van der Waals surface area contributed by atoms with Crippen molar-refractivity contribution in [3.05, 3.63) is 50.9 Å². The number of aromatic nitrogens is 1. The van der Waals surface area contributed by atoms with Gasteiger partial charge in [-0.25, -0.2) is 0 Å². The van der Waals surface area contributed by atoms with Crippen LogP contribution in [0.4, 0.5) is 0 Å². The predicted molar refractivity (Wildman–Crippen MR) is 81.0 cm³/mol. The van der Waals surface area contributed by atoms with Crippen LogP contribution in [-0.2, 0) is 6.42 Å². The molecule has 0 aromatic carbocycles. The molecule has 96 valence electrons. The van der Waals surface area contributed by atoms with Gasteiger partial charge in [-0.2, -0.15) is 0 Å². The first-order valence-corrected chi connectivity index (χ1v) is 7.83. The maximum atomic E-state index is 4.19. The van der Waals surface area contributed by atoms with Gasteiger partial charge in [0.15, 0.2) is 0 Å². The number of nitrogens with zero attached hydrogens (tertiary/aromatic N) is 1. The van der Waals surface area contributed by atoms with E-state index in [1.165, 1.54) is 14.9 Å². The van der Waals surface area contributed by atoms with Crippen LogP contribution in [0.15, 0.2) is 40.4 Å². The first-order chi connectivity index (χ1) is 8.81. The van der Waals surface area contributed by atoms with Crippen molar-refractivity contribution in [1.82, 2.24) is 10.3 Å². The number of hydrogen-bond donors (Lipinski definition) is 1. The highest BCUT2D eigenvalue weighted by atomic mass is 79.9. The molecule has 2 rings (SSSR count). The van der Waals surface area contributed by atoms with Crippen LogP contribution < -0.4 is 5.32 Å². The van der Waals surface area contributed by atoms with Gasteiger partial charge >= 0.3 is 0 Å². The van der Waals surface area contributed by atoms with E-state index < -0.39 is 0 Å². The lowest BCUT2D eigenvalue weighted by Crippen LogP contribution is -2.23. The molecule has 2 aromatic rings. The van der Waals surface area contributed by atoms with Gasteiger partial charge in [0.1, 0.15) is 0 Å². The van der Waals surface area contributed by atoms with Crippen molar-refractivity contribution < 1.29 is 0 Å². The van der Waals surface area contributed by atoms with E-state index in [2.05, 4.69) is 50.7 Å². The van der Waals surface area contributed by atoms with Gasteiger partial charge < -0.3 is 5.32 Å². The SMILES string of the molecule is CCCNC(Cc1cccnc1)c1sccc1Br. The number of nitrogens with one attached hydrogen (secondary N) is 1. The summed E-state index contributed by atoms with van der Waals surface area (Å²) in [6, 6.07) is 6.61. The third-order valence-electron chi connectivity index (χ3n) is 2.76. The van der Waals surface area contributed by atoms with Gasteiger partial charge in [-0.3, -0.25) is 4.98 Å². The van der Waals surface area contributed by atoms with E-state index in [0.29, 0.717) is 6.04 Å². The molecule has 0 amide bonds. The van der Waals surface area contributed by atoms with Crippen molar-refractivity contribution >= 4 is 27.3 Å². The third-order valence-corrected chi connectivity index (χ3v) is 4.75. The van der Waals surface area contributed by atoms with Crippen LogP contribution in [0.3, 0.4) is 0 Å². The second-order valence-electron chi connectivity index (χ2n) is 4.20. The lowest BCUT2D eigenvalue weighted by atomic mass is 10.1. The molecule has 1 N–H and O–H groups in total. The molecule has 0 saturated carbocycles. The van der Waals surface area contributed by atoms with Crippen LogP contribution in [0, 0.1) is 0 Å². The largest absolute Gasteiger partial charge is 0.309 e. The molecule has 0 radical (unpaired) electrons. The Morgan fingerprint density at radius 1 is 1.44 bits per heavy atom. The number of halogens is 1. The van der Waals surface area contributed by atoms with Crippen LogP contribution in [0.2, 0.25) is 0 Å². The number of hydrogen-bond acceptors (Lipinski definition) is 3. The second-order valence-corrected chi connectivity index (χ2v) is 6.01. The summed E-state index contributed by atoms with van der Waals surface area (Å²) in [6.07, 6.45) is 5.89. The fourth-order valence-electron chi connectivity index (χ4n) is 1.88. The van der Waals surface area contributed by atoms with Crippen LogP contribution in [-0.4, -0.2) is 11.5 Å². The van der Waals surface area contributed by atoms with E-state index in [1.54, 1.807) is 11.3 Å². The topological polar surface area (TPSA) is 24.9 Å². The van der Waals surface area contributed by atoms with Crippen LogP contribution in [0.1, 0.15) is 29.8 Å². The maximum Gasteiger partial charge on any atom is 0.0467 e. The molecule has 2 heterocycles. The zero-order valence-corrected chi connectivity index (χ0v) is 12.8. The molecule has 1 atom stereocenters. The van der Waals surface area contributed by atoms with Crippen molar-refractivity contribution in [2.45, 2.75) is 25.8 Å². The Bertz CT molecular complexity index is 470. The summed E-state index contributed by atoms with van der Waals surface area (Å²) in [6.45, 7) is 3.23. The Hall–Kier alpha value is -0.710. The Balaban J connectivity index is 2.13. The molecule has 0 aliphatic rings. The molecule has 2 aromatic heterocycles. The zero-order chi connectivity index (χ0) is 12.8. The summed E-state index contributed by atoms with van der Waals surface area (Å²) in [5, 5.41) is 5.74. The number of thiophene rings is 1. The third kappa shape index (κ3) is 3.64. The van der Waals surface area contributed by atoms with Crippen LogP contribution in [0.25, 0.3) is 0 Å². The molecule has 18 heavy (non-hydrogen) atoms. The fourth-order valence-corrected chi connectivity index (χ4v) is 3.61. The monoisotopic (exact) mass is 324 g/mol. The smallest absolute Gasteiger partial charge is 0.0467 e. The van der Waals surface area contributed by atoms with Gasteiger partial charge in [0.25, 0.3) is 0 Å². The van der Waals surface area contributed by atoms with Crippen molar-refractivity contribution in [1.29, 1.82) is 0 Å². The van der Waals surface area contributed by atoms with Crippen LogP contribution in [0.5, 0.6) is 0 Å². The number of pyridine rings is 1. The summed E-state index contributed by atoms with van der Waals surface area (Å²) in [7, 11) is 0. The maximum absolute atomic E-state index is 4.19. The molecule has 0 saturated heterocycles. The van der Waals surface area contributed by atoms with Gasteiger partial charge in [-0.15, -0.1) is 11.3 Å². The quantitative estimate of drug-likeness (QED) is 0.861. The minimum atomic E-state index is 0.364. The van der Waals surface area contributed by atoms with E-state index in [4.69, 9.17) is 0 Å². The molecular formula is C14H17BrN2S. The molecule has 0 aliphatic heterocycles. The van der Waals surface area contributed by atoms with E-state index in [-0.39, 0.29) is 0 Å². The molecule has 0 fully saturated rings. The van der Waals surface area contributed by atoms with E-state index in [9.17, 15) is 0 Å². The Kier molecular flexibility index (Phi) is 5.35. The van der Waals surface area contributed by atoms with Gasteiger partial charge in [-0.1, -0.05) is 13.0 Å². The Morgan fingerprint density at radius 3 is 2.94 bits per heavy atom. The van der Waals surface area contributed by atoms with Gasteiger partial charge in [-0.05, 0) is 58.4 Å². The molecule has 0 spiro atoms. The summed E-state index contributed by atoms with van der Waals surface area (Å²) in [5.74, 6) is 0. The lowest BCUT2D eigenvalue weighted by molar-refractivity contribution is 0.534. The highest BCUT2D eigenvalue weighted by molar-refractivity contribution is 9.10. The molecule has 4 heteroatoms. The first-order valence-electron chi connectivity index (χ1n) is 6.16. The van der Waals surface area contributed by atoms with E-state index in [1.807, 2.05) is 18.5 Å². The summed E-state index contributed by atoms with van der Waals surface area (Å²) >= 11 is 5.42. The average molecular weight is 325 g/mol. The predicted octanol–water partition coefficient (Wildman–Crippen LogP) is 4.19. The minimum Gasteiger partial charge on any atom is -0.309 e. The summed E-state index contributed by atoms with van der Waals surface area (Å²) in [5.41, 5.74) is 1.27. The number of rotatable bonds is 6. The molecular weight excluding hydrogens is 308 g/mol. The van der Waals surface area contributed by atoms with Crippen molar-refractivity contribution in [3.63, 3.8) is 0 Å². The van der Waals surface area contributed by atoms with Crippen molar-refractivity contribution in [2.75, 3.05) is 6.54 Å². The van der Waals surface area contributed by atoms with Gasteiger partial charge in [0.05, 0.1) is 0 Å². The summed E-state index contributed by atoms with van der Waals surface area (Å²) in [4.78, 5) is 5.55. The first kappa shape index (κ1) is 13.7. The molecule has 1 unspecified atom stereocenters. The Labute approximate surface area is 121 Å². The van der Waals surface area contributed by atoms with Crippen molar-refractivity contribution in [2.24, 2.45) is 0 Å². The molecule has 2 nitrogen and oxygen atoms in total. The minimum absolute atomic E-state index is 0.364. The van der Waals surface area contributed by atoms with Crippen LogP contribution >= 0.6 is 27.3 Å². The highest BCUT2D eigenvalue weighted by Gasteiger charge is 2.15. The normalized spacial score (nSPS) is 12.6. The summed E-state index contributed by atoms with van der Waals surface area (Å²) < 4.78 is 1.20. The highest BCUT2D eigenvalue weighted by Crippen LogP contribution is 2.31. The second kappa shape index (κ2) is 7.02. The molecule has 0 aliphatic carbocycles. The Morgan fingerprint density at radius 2 is 2.33 bits per heavy atom. The zero-order valence-electron chi connectivity index (χ0n) is 10.4.